The molecule has 1 amide bonds. The Kier molecular flexibility index (Phi) is 8.52. The van der Waals surface area contributed by atoms with Crippen molar-refractivity contribution in [3.05, 3.63) is 10.4 Å². The van der Waals surface area contributed by atoms with Gasteiger partial charge in [-0.15, -0.1) is 0 Å². The summed E-state index contributed by atoms with van der Waals surface area (Å²) in [6.07, 6.45) is 0.789. The molecule has 0 bridgehead atoms. The van der Waals surface area contributed by atoms with Crippen LogP contribution >= 0.6 is 0 Å². The fraction of sp³-hybridized carbons (Fsp3) is 0.889. The molecule has 0 rings (SSSR count). The predicted molar refractivity (Wildman–Crippen MR) is 59.4 cm³/mol. The first-order valence-electron chi connectivity index (χ1n) is 5.24. The molecule has 0 aromatic carbocycles. The summed E-state index contributed by atoms with van der Waals surface area (Å²) in [5.74, 6) is 0.0446. The molecule has 0 unspecified atom stereocenters. The fourth-order valence-electron chi connectivity index (χ4n) is 1.21. The topological polar surface area (TPSA) is 81.1 Å². The Bertz CT molecular complexity index is 225. The minimum absolute atomic E-state index is 0.0446. The van der Waals surface area contributed by atoms with Crippen molar-refractivity contribution in [2.45, 2.75) is 20.3 Å². The van der Waals surface area contributed by atoms with E-state index in [1.54, 1.807) is 0 Å². The summed E-state index contributed by atoms with van der Waals surface area (Å²) < 4.78 is 0. The van der Waals surface area contributed by atoms with Gasteiger partial charge in [-0.1, -0.05) is 12.0 Å². The lowest BCUT2D eigenvalue weighted by molar-refractivity contribution is -0.122. The number of azide groups is 1. The highest BCUT2D eigenvalue weighted by atomic mass is 16.2. The van der Waals surface area contributed by atoms with Crippen molar-refractivity contribution in [2.75, 3.05) is 32.7 Å². The average molecular weight is 213 g/mol. The Balaban J connectivity index is 3.71. The molecular weight excluding hydrogens is 194 g/mol. The van der Waals surface area contributed by atoms with Crippen molar-refractivity contribution in [1.29, 1.82) is 0 Å². The normalized spacial score (nSPS) is 9.80. The van der Waals surface area contributed by atoms with Crippen molar-refractivity contribution in [3.63, 3.8) is 0 Å². The number of likely N-dealkylation sites (N-methyl/N-ethyl adjacent to an activating group) is 2. The van der Waals surface area contributed by atoms with Gasteiger partial charge in [-0.25, -0.2) is 0 Å². The molecule has 15 heavy (non-hydrogen) atoms. The maximum absolute atomic E-state index is 11.3. The van der Waals surface area contributed by atoms with Gasteiger partial charge in [0.2, 0.25) is 5.91 Å². The third kappa shape index (κ3) is 7.78. The highest BCUT2D eigenvalue weighted by Gasteiger charge is 2.06. The van der Waals surface area contributed by atoms with Crippen LogP contribution in [0.2, 0.25) is 0 Å². The van der Waals surface area contributed by atoms with E-state index >= 15 is 0 Å². The van der Waals surface area contributed by atoms with E-state index in [-0.39, 0.29) is 5.91 Å². The van der Waals surface area contributed by atoms with Gasteiger partial charge < -0.3 is 5.32 Å². The van der Waals surface area contributed by atoms with Crippen LogP contribution in [0.15, 0.2) is 5.11 Å². The van der Waals surface area contributed by atoms with Crippen LogP contribution in [0.4, 0.5) is 0 Å². The van der Waals surface area contributed by atoms with Gasteiger partial charge in [0.05, 0.1) is 6.54 Å². The number of rotatable bonds is 8. The summed E-state index contributed by atoms with van der Waals surface area (Å²) >= 11 is 0. The molecule has 0 saturated carbocycles. The lowest BCUT2D eigenvalue weighted by atomic mass is 10.3. The minimum Gasteiger partial charge on any atom is -0.355 e. The smallest absolute Gasteiger partial charge is 0.234 e. The van der Waals surface area contributed by atoms with Crippen molar-refractivity contribution in [3.8, 4) is 0 Å². The molecule has 1 N–H and O–H groups in total. The number of hydrogen-bond acceptors (Lipinski definition) is 3. The largest absolute Gasteiger partial charge is 0.355 e. The summed E-state index contributed by atoms with van der Waals surface area (Å²) in [5, 5.41) is 6.20. The zero-order valence-electron chi connectivity index (χ0n) is 9.44. The molecule has 0 aliphatic carbocycles. The first-order valence-corrected chi connectivity index (χ1v) is 5.24. The summed E-state index contributed by atoms with van der Waals surface area (Å²) in [6.45, 7) is 7.08. The molecule has 0 fully saturated rings. The Morgan fingerprint density at radius 2 is 2.27 bits per heavy atom. The molecule has 0 spiro atoms. The molecule has 0 aliphatic rings. The maximum atomic E-state index is 11.3. The molecule has 0 radical (unpaired) electrons. The minimum atomic E-state index is 0.0446. The molecule has 6 heteroatoms. The molecule has 0 heterocycles. The van der Waals surface area contributed by atoms with Crippen molar-refractivity contribution in [2.24, 2.45) is 5.11 Å². The number of hydrogen-bond donors (Lipinski definition) is 1. The van der Waals surface area contributed by atoms with Crippen LogP contribution in [0.3, 0.4) is 0 Å². The van der Waals surface area contributed by atoms with E-state index in [9.17, 15) is 4.79 Å². The van der Waals surface area contributed by atoms with E-state index in [0.29, 0.717) is 19.6 Å². The number of carbonyl (C=O) groups excluding carboxylic acids is 1. The van der Waals surface area contributed by atoms with Crippen LogP contribution in [0, 0.1) is 0 Å². The zero-order chi connectivity index (χ0) is 11.5. The number of carbonyl (C=O) groups is 1. The first kappa shape index (κ1) is 13.7. The summed E-state index contributed by atoms with van der Waals surface area (Å²) in [4.78, 5) is 16.0. The summed E-state index contributed by atoms with van der Waals surface area (Å²) in [6, 6.07) is 0. The van der Waals surface area contributed by atoms with Gasteiger partial charge in [0.25, 0.3) is 0 Å². The number of nitrogens with one attached hydrogen (secondary N) is 1. The fourth-order valence-corrected chi connectivity index (χ4v) is 1.21. The van der Waals surface area contributed by atoms with Gasteiger partial charge in [-0.2, -0.15) is 0 Å². The van der Waals surface area contributed by atoms with Crippen molar-refractivity contribution in [1.82, 2.24) is 10.2 Å². The van der Waals surface area contributed by atoms with Gasteiger partial charge in [0, 0.05) is 18.0 Å². The molecule has 0 atom stereocenters. The second-order valence-corrected chi connectivity index (χ2v) is 3.13. The number of nitrogens with zero attached hydrogens (tertiary/aromatic N) is 4. The van der Waals surface area contributed by atoms with Gasteiger partial charge in [-0.05, 0) is 32.0 Å². The predicted octanol–water partition coefficient (Wildman–Crippen LogP) is 1.14. The van der Waals surface area contributed by atoms with Crippen molar-refractivity contribution >= 4 is 5.91 Å². The second kappa shape index (κ2) is 9.30. The van der Waals surface area contributed by atoms with E-state index in [1.807, 2.05) is 18.7 Å². The summed E-state index contributed by atoms with van der Waals surface area (Å²) in [7, 11) is 0. The third-order valence-electron chi connectivity index (χ3n) is 1.98. The van der Waals surface area contributed by atoms with E-state index in [0.717, 1.165) is 19.5 Å². The Morgan fingerprint density at radius 1 is 1.53 bits per heavy atom. The zero-order valence-corrected chi connectivity index (χ0v) is 9.44. The van der Waals surface area contributed by atoms with Crippen molar-refractivity contribution < 1.29 is 4.79 Å². The monoisotopic (exact) mass is 213 g/mol. The van der Waals surface area contributed by atoms with Crippen LogP contribution in [0.5, 0.6) is 0 Å². The van der Waals surface area contributed by atoms with Gasteiger partial charge in [-0.3, -0.25) is 9.69 Å². The lowest BCUT2D eigenvalue weighted by Gasteiger charge is -2.18. The highest BCUT2D eigenvalue weighted by Crippen LogP contribution is 1.92. The lowest BCUT2D eigenvalue weighted by Crippen LogP contribution is -2.37. The summed E-state index contributed by atoms with van der Waals surface area (Å²) in [5.41, 5.74) is 8.08. The van der Waals surface area contributed by atoms with Crippen LogP contribution in [0.25, 0.3) is 10.4 Å². The quantitative estimate of drug-likeness (QED) is 0.284. The standard InChI is InChI=1S/C9H19N5O/c1-3-11-9(15)8-14(4-2)7-5-6-12-13-10/h3-8H2,1-2H3,(H,11,15). The number of amides is 1. The van der Waals surface area contributed by atoms with Crippen LogP contribution in [0.1, 0.15) is 20.3 Å². The van der Waals surface area contributed by atoms with E-state index in [4.69, 9.17) is 5.53 Å². The Morgan fingerprint density at radius 3 is 2.80 bits per heavy atom. The maximum Gasteiger partial charge on any atom is 0.234 e. The van der Waals surface area contributed by atoms with Crippen LogP contribution < -0.4 is 5.32 Å². The molecule has 0 aliphatic heterocycles. The molecule has 0 aromatic heterocycles. The van der Waals surface area contributed by atoms with Gasteiger partial charge in [0.1, 0.15) is 0 Å². The van der Waals surface area contributed by atoms with E-state index in [1.165, 1.54) is 0 Å². The molecule has 0 aromatic rings. The van der Waals surface area contributed by atoms with E-state index in [2.05, 4.69) is 15.3 Å². The second-order valence-electron chi connectivity index (χ2n) is 3.13. The van der Waals surface area contributed by atoms with Gasteiger partial charge in [0.15, 0.2) is 0 Å². The molecule has 0 saturated heterocycles. The SMILES string of the molecule is CCNC(=O)CN(CC)CCCN=[N+]=[N-]. The Hall–Kier alpha value is -1.26. The van der Waals surface area contributed by atoms with Gasteiger partial charge >= 0.3 is 0 Å². The molecule has 6 nitrogen and oxygen atoms in total. The average Bonchev–Trinajstić information content (AvgIpc) is 2.23. The van der Waals surface area contributed by atoms with E-state index < -0.39 is 0 Å². The Labute approximate surface area is 90.3 Å². The van der Waals surface area contributed by atoms with Crippen LogP contribution in [-0.4, -0.2) is 43.5 Å². The van der Waals surface area contributed by atoms with Crippen LogP contribution in [-0.2, 0) is 4.79 Å². The highest BCUT2D eigenvalue weighted by molar-refractivity contribution is 5.77. The first-order chi connectivity index (χ1) is 7.24. The third-order valence-corrected chi connectivity index (χ3v) is 1.98. The molecule has 86 valence electrons. The molecular formula is C9H19N5O.